The summed E-state index contributed by atoms with van der Waals surface area (Å²) in [6, 6.07) is 12.0. The number of ether oxygens (including phenoxy) is 2. The maximum atomic E-state index is 12.6. The molecule has 1 aromatic heterocycles. The van der Waals surface area contributed by atoms with Gasteiger partial charge in [0.2, 0.25) is 0 Å². The number of hydrogen-bond acceptors (Lipinski definition) is 4. The lowest BCUT2D eigenvalue weighted by molar-refractivity contribution is 0.409. The summed E-state index contributed by atoms with van der Waals surface area (Å²) in [6.45, 7) is 0. The second-order valence-corrected chi connectivity index (χ2v) is 4.80. The van der Waals surface area contributed by atoms with Crippen LogP contribution in [0.1, 0.15) is 0 Å². The van der Waals surface area contributed by atoms with Gasteiger partial charge in [0.25, 0.3) is 5.56 Å². The molecule has 112 valence electrons. The van der Waals surface area contributed by atoms with Gasteiger partial charge in [-0.3, -0.25) is 9.36 Å². The van der Waals surface area contributed by atoms with E-state index in [1.54, 1.807) is 49.7 Å². The molecule has 2 aromatic carbocycles. The molecule has 0 saturated carbocycles. The zero-order valence-corrected chi connectivity index (χ0v) is 12.2. The molecule has 0 aliphatic carbocycles. The molecule has 1 heterocycles. The Morgan fingerprint density at radius 2 is 1.64 bits per heavy atom. The second-order valence-electron chi connectivity index (χ2n) is 4.80. The highest BCUT2D eigenvalue weighted by Crippen LogP contribution is 2.28. The molecule has 0 fully saturated rings. The van der Waals surface area contributed by atoms with Gasteiger partial charge in [-0.1, -0.05) is 0 Å². The Bertz CT molecular complexity index is 882. The fourth-order valence-electron chi connectivity index (χ4n) is 2.39. The Labute approximate surface area is 127 Å². The molecule has 5 nitrogen and oxygen atoms in total. The van der Waals surface area contributed by atoms with Crippen LogP contribution in [0.4, 0.5) is 0 Å². The molecular weight excluding hydrogens is 282 g/mol. The molecule has 3 rings (SSSR count). The van der Waals surface area contributed by atoms with Crippen LogP contribution in [0.5, 0.6) is 17.2 Å². The molecule has 0 amide bonds. The Kier molecular flexibility index (Phi) is 3.47. The van der Waals surface area contributed by atoms with E-state index in [1.807, 2.05) is 0 Å². The monoisotopic (exact) mass is 297 g/mol. The number of methoxy groups -OCH3 is 2. The van der Waals surface area contributed by atoms with Crippen LogP contribution < -0.4 is 15.0 Å². The van der Waals surface area contributed by atoms with Crippen LogP contribution in [0.25, 0.3) is 16.5 Å². The fourth-order valence-corrected chi connectivity index (χ4v) is 2.39. The Balaban J connectivity index is 2.21. The zero-order valence-electron chi connectivity index (χ0n) is 12.2. The van der Waals surface area contributed by atoms with E-state index in [-0.39, 0.29) is 16.7 Å². The van der Waals surface area contributed by atoms with Crippen molar-refractivity contribution in [1.82, 2.24) is 4.57 Å². The molecule has 1 N–H and O–H groups in total. The van der Waals surface area contributed by atoms with Crippen LogP contribution in [0.15, 0.2) is 53.5 Å². The minimum atomic E-state index is -0.289. The van der Waals surface area contributed by atoms with Gasteiger partial charge in [0.1, 0.15) is 17.2 Å². The number of phenols is 1. The Hall–Kier alpha value is -2.95. The number of fused-ring (bicyclic) bond motifs is 1. The zero-order chi connectivity index (χ0) is 15.7. The van der Waals surface area contributed by atoms with E-state index in [2.05, 4.69) is 0 Å². The van der Waals surface area contributed by atoms with Gasteiger partial charge in [0.15, 0.2) is 0 Å². The van der Waals surface area contributed by atoms with E-state index >= 15 is 0 Å². The molecule has 0 aliphatic heterocycles. The van der Waals surface area contributed by atoms with Crippen molar-refractivity contribution in [2.45, 2.75) is 0 Å². The van der Waals surface area contributed by atoms with Gasteiger partial charge >= 0.3 is 0 Å². The van der Waals surface area contributed by atoms with Gasteiger partial charge in [-0.05, 0) is 41.8 Å². The molecule has 22 heavy (non-hydrogen) atoms. The summed E-state index contributed by atoms with van der Waals surface area (Å²) in [7, 11) is 3.10. The van der Waals surface area contributed by atoms with Crippen molar-refractivity contribution in [3.8, 4) is 22.9 Å². The molecule has 0 saturated heterocycles. The summed E-state index contributed by atoms with van der Waals surface area (Å²) in [5, 5.41) is 11.0. The minimum absolute atomic E-state index is 0.0952. The predicted molar refractivity (Wildman–Crippen MR) is 84.3 cm³/mol. The Morgan fingerprint density at radius 3 is 2.27 bits per heavy atom. The van der Waals surface area contributed by atoms with Crippen molar-refractivity contribution in [1.29, 1.82) is 0 Å². The molecule has 0 bridgehead atoms. The van der Waals surface area contributed by atoms with E-state index in [1.165, 1.54) is 17.7 Å². The molecule has 0 aliphatic rings. The number of pyridine rings is 1. The number of hydrogen-bond donors (Lipinski definition) is 1. The van der Waals surface area contributed by atoms with Gasteiger partial charge in [0.05, 0.1) is 19.6 Å². The molecule has 3 aromatic rings. The molecule has 0 atom stereocenters. The molecule has 0 unspecified atom stereocenters. The number of nitrogens with zero attached hydrogens (tertiary/aromatic N) is 1. The van der Waals surface area contributed by atoms with Crippen LogP contribution in [0.3, 0.4) is 0 Å². The maximum absolute atomic E-state index is 12.6. The molecular formula is C17H15NO4. The normalized spacial score (nSPS) is 10.6. The van der Waals surface area contributed by atoms with Crippen LogP contribution in [0.2, 0.25) is 0 Å². The topological polar surface area (TPSA) is 60.7 Å². The summed E-state index contributed by atoms with van der Waals surface area (Å²) in [5.41, 5.74) is 0.408. The highest BCUT2D eigenvalue weighted by molar-refractivity contribution is 5.88. The van der Waals surface area contributed by atoms with Crippen LogP contribution in [0, 0.1) is 0 Å². The van der Waals surface area contributed by atoms with E-state index in [9.17, 15) is 9.90 Å². The van der Waals surface area contributed by atoms with E-state index in [4.69, 9.17) is 9.47 Å². The predicted octanol–water partition coefficient (Wildman–Crippen LogP) is 2.71. The number of rotatable bonds is 3. The Morgan fingerprint density at radius 1 is 0.955 bits per heavy atom. The summed E-state index contributed by atoms with van der Waals surface area (Å²) < 4.78 is 11.7. The van der Waals surface area contributed by atoms with Gasteiger partial charge < -0.3 is 14.6 Å². The van der Waals surface area contributed by atoms with E-state index in [0.717, 1.165) is 0 Å². The van der Waals surface area contributed by atoms with Crippen molar-refractivity contribution in [2.24, 2.45) is 0 Å². The van der Waals surface area contributed by atoms with Gasteiger partial charge in [0, 0.05) is 18.0 Å². The molecule has 0 radical (unpaired) electrons. The number of benzene rings is 2. The largest absolute Gasteiger partial charge is 0.507 e. The third-order valence-electron chi connectivity index (χ3n) is 3.54. The van der Waals surface area contributed by atoms with Crippen molar-refractivity contribution < 1.29 is 14.6 Å². The van der Waals surface area contributed by atoms with Crippen LogP contribution in [-0.4, -0.2) is 23.9 Å². The first-order chi connectivity index (χ1) is 10.6. The number of phenolic OH excluding ortho intramolecular Hbond substituents is 1. The average Bonchev–Trinajstić information content (AvgIpc) is 2.55. The standard InChI is InChI=1S/C17H15NO4/c1-21-13-5-3-12(4-6-13)18-8-7-11-9-14(22-2)10-15(19)16(11)17(18)20/h3-10,19H,1-2H3. The number of aromatic hydroxyl groups is 1. The average molecular weight is 297 g/mol. The summed E-state index contributed by atoms with van der Waals surface area (Å²) in [6.07, 6.45) is 1.67. The smallest absolute Gasteiger partial charge is 0.266 e. The maximum Gasteiger partial charge on any atom is 0.266 e. The number of aromatic nitrogens is 1. The van der Waals surface area contributed by atoms with Gasteiger partial charge in [-0.15, -0.1) is 0 Å². The van der Waals surface area contributed by atoms with Crippen LogP contribution >= 0.6 is 0 Å². The highest BCUT2D eigenvalue weighted by atomic mass is 16.5. The summed E-state index contributed by atoms with van der Waals surface area (Å²) in [4.78, 5) is 12.6. The lowest BCUT2D eigenvalue weighted by Gasteiger charge is -2.10. The first-order valence-corrected chi connectivity index (χ1v) is 6.71. The molecule has 5 heteroatoms. The summed E-state index contributed by atoms with van der Waals surface area (Å²) in [5.74, 6) is 1.12. The lowest BCUT2D eigenvalue weighted by atomic mass is 10.1. The minimum Gasteiger partial charge on any atom is -0.507 e. The first-order valence-electron chi connectivity index (χ1n) is 6.71. The summed E-state index contributed by atoms with van der Waals surface area (Å²) >= 11 is 0. The molecule has 0 spiro atoms. The van der Waals surface area contributed by atoms with Crippen molar-refractivity contribution in [2.75, 3.05) is 14.2 Å². The van der Waals surface area contributed by atoms with E-state index in [0.29, 0.717) is 22.6 Å². The first kappa shape index (κ1) is 14.0. The fraction of sp³-hybridized carbons (Fsp3) is 0.118. The highest BCUT2D eigenvalue weighted by Gasteiger charge is 2.10. The van der Waals surface area contributed by atoms with Gasteiger partial charge in [-0.2, -0.15) is 0 Å². The third-order valence-corrected chi connectivity index (χ3v) is 3.54. The van der Waals surface area contributed by atoms with Gasteiger partial charge in [-0.25, -0.2) is 0 Å². The quantitative estimate of drug-likeness (QED) is 0.807. The second kappa shape index (κ2) is 5.44. The third kappa shape index (κ3) is 2.26. The van der Waals surface area contributed by atoms with E-state index < -0.39 is 0 Å². The van der Waals surface area contributed by atoms with Crippen molar-refractivity contribution in [3.63, 3.8) is 0 Å². The van der Waals surface area contributed by atoms with Crippen molar-refractivity contribution >= 4 is 10.8 Å². The van der Waals surface area contributed by atoms with Crippen LogP contribution in [-0.2, 0) is 0 Å². The SMILES string of the molecule is COc1ccc(-n2ccc3cc(OC)cc(O)c3c2=O)cc1. The van der Waals surface area contributed by atoms with Crippen molar-refractivity contribution in [3.05, 3.63) is 59.0 Å². The lowest BCUT2D eigenvalue weighted by Crippen LogP contribution is -2.17.